The van der Waals surface area contributed by atoms with Crippen molar-refractivity contribution in [2.45, 2.75) is 45.4 Å². The number of H-pyrrole nitrogens is 1. The number of piperidine rings is 1. The van der Waals surface area contributed by atoms with Crippen LogP contribution in [0, 0.1) is 0 Å². The molecular formula is C20H28N4O. The second kappa shape index (κ2) is 8.81. The largest absolute Gasteiger partial charge is 0.309 e. The molecule has 0 saturated carbocycles. The van der Waals surface area contributed by atoms with Crippen molar-refractivity contribution in [1.82, 2.24) is 15.1 Å². The van der Waals surface area contributed by atoms with Crippen molar-refractivity contribution < 1.29 is 4.79 Å². The van der Waals surface area contributed by atoms with Crippen molar-refractivity contribution in [3.63, 3.8) is 0 Å². The first-order valence-electron chi connectivity index (χ1n) is 9.42. The third kappa shape index (κ3) is 4.92. The fraction of sp³-hybridized carbons (Fsp3) is 0.500. The molecule has 0 bridgehead atoms. The summed E-state index contributed by atoms with van der Waals surface area (Å²) in [5, 5.41) is 10.2. The van der Waals surface area contributed by atoms with Gasteiger partial charge in [0, 0.05) is 18.1 Å². The van der Waals surface area contributed by atoms with Crippen molar-refractivity contribution in [2.75, 3.05) is 25.0 Å². The van der Waals surface area contributed by atoms with Gasteiger partial charge >= 0.3 is 0 Å². The number of carbonyl (C=O) groups excluding carboxylic acids is 1. The van der Waals surface area contributed by atoms with Crippen molar-refractivity contribution >= 4 is 11.7 Å². The van der Waals surface area contributed by atoms with Gasteiger partial charge in [-0.05, 0) is 50.9 Å². The number of anilines is 1. The highest BCUT2D eigenvalue weighted by molar-refractivity contribution is 5.90. The highest BCUT2D eigenvalue weighted by Crippen LogP contribution is 2.24. The number of aromatic amines is 1. The zero-order chi connectivity index (χ0) is 17.5. The summed E-state index contributed by atoms with van der Waals surface area (Å²) in [5.74, 6) is 0.641. The quantitative estimate of drug-likeness (QED) is 0.805. The van der Waals surface area contributed by atoms with Crippen LogP contribution >= 0.6 is 0 Å². The van der Waals surface area contributed by atoms with Gasteiger partial charge in [0.05, 0.1) is 5.69 Å². The zero-order valence-electron chi connectivity index (χ0n) is 15.1. The molecule has 3 rings (SSSR count). The van der Waals surface area contributed by atoms with Gasteiger partial charge in [-0.1, -0.05) is 37.6 Å². The number of nitrogens with zero attached hydrogens (tertiary/aromatic N) is 2. The lowest BCUT2D eigenvalue weighted by atomic mass is 10.0. The topological polar surface area (TPSA) is 61.0 Å². The Morgan fingerprint density at radius 2 is 2.04 bits per heavy atom. The van der Waals surface area contributed by atoms with Crippen LogP contribution in [-0.4, -0.2) is 40.6 Å². The SMILES string of the molecule is CCc1ccccc1-c1cc(NC(=O)CCCN2CCCCC2)n[nH]1. The van der Waals surface area contributed by atoms with Crippen LogP contribution in [0.2, 0.25) is 0 Å². The number of nitrogens with one attached hydrogen (secondary N) is 2. The molecule has 2 N–H and O–H groups in total. The summed E-state index contributed by atoms with van der Waals surface area (Å²) >= 11 is 0. The Hall–Kier alpha value is -2.14. The van der Waals surface area contributed by atoms with Crippen LogP contribution in [0.15, 0.2) is 30.3 Å². The van der Waals surface area contributed by atoms with E-state index >= 15 is 0 Å². The average molecular weight is 340 g/mol. The maximum Gasteiger partial charge on any atom is 0.225 e. The van der Waals surface area contributed by atoms with Crippen molar-refractivity contribution in [3.8, 4) is 11.3 Å². The molecule has 0 atom stereocenters. The molecule has 134 valence electrons. The van der Waals surface area contributed by atoms with E-state index in [1.165, 1.54) is 37.9 Å². The molecule has 1 aliphatic rings. The maximum atomic E-state index is 12.1. The smallest absolute Gasteiger partial charge is 0.225 e. The number of likely N-dealkylation sites (tertiary alicyclic amines) is 1. The molecule has 2 heterocycles. The molecule has 25 heavy (non-hydrogen) atoms. The number of benzene rings is 1. The lowest BCUT2D eigenvalue weighted by Gasteiger charge is -2.26. The molecule has 0 aliphatic carbocycles. The predicted molar refractivity (Wildman–Crippen MR) is 102 cm³/mol. The molecule has 0 radical (unpaired) electrons. The van der Waals surface area contributed by atoms with Crippen LogP contribution in [0.25, 0.3) is 11.3 Å². The van der Waals surface area contributed by atoms with Crippen LogP contribution in [-0.2, 0) is 11.2 Å². The molecule has 0 spiro atoms. The molecule has 1 fully saturated rings. The van der Waals surface area contributed by atoms with Gasteiger partial charge in [0.15, 0.2) is 5.82 Å². The number of aromatic nitrogens is 2. The number of hydrogen-bond donors (Lipinski definition) is 2. The van der Waals surface area contributed by atoms with Gasteiger partial charge < -0.3 is 10.2 Å². The summed E-state index contributed by atoms with van der Waals surface area (Å²) in [4.78, 5) is 14.6. The van der Waals surface area contributed by atoms with E-state index in [0.717, 1.165) is 30.6 Å². The highest BCUT2D eigenvalue weighted by atomic mass is 16.1. The second-order valence-electron chi connectivity index (χ2n) is 6.73. The molecule has 2 aromatic rings. The summed E-state index contributed by atoms with van der Waals surface area (Å²) in [6.07, 6.45) is 6.35. The van der Waals surface area contributed by atoms with Crippen LogP contribution < -0.4 is 5.32 Å². The minimum absolute atomic E-state index is 0.0406. The summed E-state index contributed by atoms with van der Waals surface area (Å²) in [6, 6.07) is 10.2. The Labute approximate surface area is 149 Å². The van der Waals surface area contributed by atoms with E-state index in [0.29, 0.717) is 12.2 Å². The number of amides is 1. The fourth-order valence-corrected chi connectivity index (χ4v) is 3.47. The van der Waals surface area contributed by atoms with Crippen LogP contribution in [0.5, 0.6) is 0 Å². The summed E-state index contributed by atoms with van der Waals surface area (Å²) in [7, 11) is 0. The monoisotopic (exact) mass is 340 g/mol. The van der Waals surface area contributed by atoms with Crippen LogP contribution in [0.3, 0.4) is 0 Å². The summed E-state index contributed by atoms with van der Waals surface area (Å²) in [5.41, 5.74) is 3.36. The Balaban J connectivity index is 1.50. The third-order valence-electron chi connectivity index (χ3n) is 4.86. The van der Waals surface area contributed by atoms with E-state index in [1.807, 2.05) is 18.2 Å². The Kier molecular flexibility index (Phi) is 6.23. The third-order valence-corrected chi connectivity index (χ3v) is 4.86. The standard InChI is InChI=1S/C20H28N4O/c1-2-16-9-4-5-10-17(16)18-15-19(23-22-18)21-20(25)11-8-14-24-12-6-3-7-13-24/h4-5,9-10,15H,2-3,6-8,11-14H2,1H3,(H2,21,22,23,25). The van der Waals surface area contributed by atoms with Gasteiger partial charge in [0.1, 0.15) is 0 Å². The summed E-state index contributed by atoms with van der Waals surface area (Å²) in [6.45, 7) is 5.52. The van der Waals surface area contributed by atoms with E-state index < -0.39 is 0 Å². The van der Waals surface area contributed by atoms with Gasteiger partial charge in [-0.25, -0.2) is 0 Å². The zero-order valence-corrected chi connectivity index (χ0v) is 15.1. The molecule has 5 nitrogen and oxygen atoms in total. The van der Waals surface area contributed by atoms with Crippen molar-refractivity contribution in [3.05, 3.63) is 35.9 Å². The van der Waals surface area contributed by atoms with E-state index in [-0.39, 0.29) is 5.91 Å². The van der Waals surface area contributed by atoms with E-state index in [1.54, 1.807) is 0 Å². The Bertz CT molecular complexity index is 689. The number of hydrogen-bond acceptors (Lipinski definition) is 3. The first-order chi connectivity index (χ1) is 12.3. The molecule has 1 aromatic carbocycles. The predicted octanol–water partition coefficient (Wildman–Crippen LogP) is 3.84. The number of rotatable bonds is 7. The number of aryl methyl sites for hydroxylation is 1. The first-order valence-corrected chi connectivity index (χ1v) is 9.42. The molecule has 5 heteroatoms. The molecule has 1 amide bonds. The minimum atomic E-state index is 0.0406. The normalized spacial score (nSPS) is 15.2. The highest BCUT2D eigenvalue weighted by Gasteiger charge is 2.12. The minimum Gasteiger partial charge on any atom is -0.309 e. The molecule has 1 aliphatic heterocycles. The van der Waals surface area contributed by atoms with Crippen molar-refractivity contribution in [1.29, 1.82) is 0 Å². The van der Waals surface area contributed by atoms with Crippen LogP contribution in [0.1, 0.15) is 44.6 Å². The van der Waals surface area contributed by atoms with Gasteiger partial charge in [0.2, 0.25) is 5.91 Å². The van der Waals surface area contributed by atoms with Gasteiger partial charge in [0.25, 0.3) is 0 Å². The molecule has 1 aromatic heterocycles. The number of carbonyl (C=O) groups is 1. The van der Waals surface area contributed by atoms with E-state index in [4.69, 9.17) is 0 Å². The molecule has 1 saturated heterocycles. The van der Waals surface area contributed by atoms with E-state index in [2.05, 4.69) is 39.5 Å². The average Bonchev–Trinajstić information content (AvgIpc) is 3.10. The maximum absolute atomic E-state index is 12.1. The lowest BCUT2D eigenvalue weighted by molar-refractivity contribution is -0.116. The molecular weight excluding hydrogens is 312 g/mol. The summed E-state index contributed by atoms with van der Waals surface area (Å²) < 4.78 is 0. The Morgan fingerprint density at radius 1 is 1.24 bits per heavy atom. The second-order valence-corrected chi connectivity index (χ2v) is 6.73. The van der Waals surface area contributed by atoms with Gasteiger partial charge in [-0.2, -0.15) is 5.10 Å². The van der Waals surface area contributed by atoms with Gasteiger partial charge in [-0.15, -0.1) is 0 Å². The van der Waals surface area contributed by atoms with Crippen LogP contribution in [0.4, 0.5) is 5.82 Å². The van der Waals surface area contributed by atoms with Gasteiger partial charge in [-0.3, -0.25) is 9.89 Å². The van der Waals surface area contributed by atoms with E-state index in [9.17, 15) is 4.79 Å². The Morgan fingerprint density at radius 3 is 2.84 bits per heavy atom. The lowest BCUT2D eigenvalue weighted by Crippen LogP contribution is -2.31. The fourth-order valence-electron chi connectivity index (χ4n) is 3.47. The molecule has 0 unspecified atom stereocenters. The first kappa shape index (κ1) is 17.7. The van der Waals surface area contributed by atoms with Crippen molar-refractivity contribution in [2.24, 2.45) is 0 Å².